The van der Waals surface area contributed by atoms with Crippen molar-refractivity contribution in [3.05, 3.63) is 64.4 Å². The van der Waals surface area contributed by atoms with Crippen molar-refractivity contribution in [2.24, 2.45) is 0 Å². The van der Waals surface area contributed by atoms with E-state index >= 15 is 0 Å². The van der Waals surface area contributed by atoms with E-state index in [0.717, 1.165) is 5.69 Å². The molecule has 1 fully saturated rings. The van der Waals surface area contributed by atoms with Crippen molar-refractivity contribution in [2.75, 3.05) is 18.4 Å². The van der Waals surface area contributed by atoms with E-state index in [9.17, 15) is 14.0 Å². The van der Waals surface area contributed by atoms with Gasteiger partial charge in [-0.1, -0.05) is 18.2 Å². The van der Waals surface area contributed by atoms with Gasteiger partial charge in [0.15, 0.2) is 0 Å². The maximum Gasteiger partial charge on any atom is 0.321 e. The van der Waals surface area contributed by atoms with Crippen LogP contribution in [0.4, 0.5) is 14.9 Å². The molecule has 1 saturated heterocycles. The molecule has 26 heavy (non-hydrogen) atoms. The molecule has 0 bridgehead atoms. The maximum atomic E-state index is 13.1. The number of amides is 3. The third-order valence-electron chi connectivity index (χ3n) is 4.32. The molecular formula is C19H19BrFN3O2. The monoisotopic (exact) mass is 419 g/mol. The number of anilines is 1. The zero-order valence-corrected chi connectivity index (χ0v) is 15.6. The summed E-state index contributed by atoms with van der Waals surface area (Å²) in [6, 6.07) is 13.1. The molecular weight excluding hydrogens is 401 g/mol. The van der Waals surface area contributed by atoms with Crippen molar-refractivity contribution in [3.63, 3.8) is 0 Å². The fourth-order valence-electron chi connectivity index (χ4n) is 2.89. The van der Waals surface area contributed by atoms with E-state index in [4.69, 9.17) is 0 Å². The third kappa shape index (κ3) is 4.60. The second-order valence-electron chi connectivity index (χ2n) is 6.16. The molecule has 0 atom stereocenters. The fraction of sp³-hybridized carbons (Fsp3) is 0.263. The van der Waals surface area contributed by atoms with Crippen molar-refractivity contribution in [3.8, 4) is 0 Å². The summed E-state index contributed by atoms with van der Waals surface area (Å²) < 4.78 is 13.6. The first-order valence-corrected chi connectivity index (χ1v) is 9.19. The number of carbonyl (C=O) groups is 2. The predicted molar refractivity (Wildman–Crippen MR) is 102 cm³/mol. The molecule has 2 aromatic rings. The molecule has 0 aromatic heterocycles. The first-order valence-electron chi connectivity index (χ1n) is 8.40. The Bertz CT molecular complexity index is 793. The number of urea groups is 1. The number of para-hydroxylation sites is 1. The Morgan fingerprint density at radius 3 is 2.42 bits per heavy atom. The minimum Gasteiger partial charge on any atom is -0.349 e. The van der Waals surface area contributed by atoms with E-state index in [0.29, 0.717) is 36.0 Å². The molecule has 0 aliphatic carbocycles. The third-order valence-corrected chi connectivity index (χ3v) is 4.97. The maximum absolute atomic E-state index is 13.1. The fourth-order valence-corrected chi connectivity index (χ4v) is 3.42. The second kappa shape index (κ2) is 8.31. The molecule has 3 rings (SSSR count). The van der Waals surface area contributed by atoms with Gasteiger partial charge < -0.3 is 15.5 Å². The lowest BCUT2D eigenvalue weighted by molar-refractivity contribution is 0.0918. The van der Waals surface area contributed by atoms with E-state index in [1.807, 2.05) is 30.3 Å². The van der Waals surface area contributed by atoms with Gasteiger partial charge in [-0.15, -0.1) is 0 Å². The summed E-state index contributed by atoms with van der Waals surface area (Å²) in [5, 5.41) is 5.82. The van der Waals surface area contributed by atoms with Gasteiger partial charge in [-0.3, -0.25) is 4.79 Å². The average molecular weight is 420 g/mol. The first-order chi connectivity index (χ1) is 12.5. The summed E-state index contributed by atoms with van der Waals surface area (Å²) in [7, 11) is 0. The highest BCUT2D eigenvalue weighted by Gasteiger charge is 2.24. The van der Waals surface area contributed by atoms with Gasteiger partial charge in [0.25, 0.3) is 5.91 Å². The Balaban J connectivity index is 1.50. The lowest BCUT2D eigenvalue weighted by Crippen LogP contribution is -2.47. The average Bonchev–Trinajstić information content (AvgIpc) is 2.63. The SMILES string of the molecule is O=C(NC1CCN(C(=O)Nc2ccccc2)CC1)c1ccc(F)cc1Br. The Morgan fingerprint density at radius 1 is 1.08 bits per heavy atom. The number of carbonyl (C=O) groups excluding carboxylic acids is 2. The molecule has 0 spiro atoms. The molecule has 1 heterocycles. The predicted octanol–water partition coefficient (Wildman–Crippen LogP) is 4.01. The second-order valence-corrected chi connectivity index (χ2v) is 7.01. The van der Waals surface area contributed by atoms with Gasteiger partial charge in [-0.25, -0.2) is 9.18 Å². The van der Waals surface area contributed by atoms with E-state index in [1.54, 1.807) is 4.90 Å². The number of piperidine rings is 1. The Kier molecular flexibility index (Phi) is 5.88. The summed E-state index contributed by atoms with van der Waals surface area (Å²) in [4.78, 5) is 26.4. The lowest BCUT2D eigenvalue weighted by atomic mass is 10.0. The number of benzene rings is 2. The Labute approximate surface area is 159 Å². The van der Waals surface area contributed by atoms with Gasteiger partial charge in [0.05, 0.1) is 5.56 Å². The van der Waals surface area contributed by atoms with Crippen molar-refractivity contribution >= 4 is 33.6 Å². The highest BCUT2D eigenvalue weighted by atomic mass is 79.9. The number of likely N-dealkylation sites (tertiary alicyclic amines) is 1. The molecule has 1 aliphatic rings. The molecule has 0 unspecified atom stereocenters. The highest BCUT2D eigenvalue weighted by Crippen LogP contribution is 2.19. The van der Waals surface area contributed by atoms with Gasteiger partial charge >= 0.3 is 6.03 Å². The van der Waals surface area contributed by atoms with Crippen LogP contribution in [0.2, 0.25) is 0 Å². The summed E-state index contributed by atoms with van der Waals surface area (Å²) in [5.74, 6) is -0.643. The molecule has 2 N–H and O–H groups in total. The van der Waals surface area contributed by atoms with Crippen LogP contribution in [0.25, 0.3) is 0 Å². The summed E-state index contributed by atoms with van der Waals surface area (Å²) in [6.07, 6.45) is 1.35. The van der Waals surface area contributed by atoms with Crippen molar-refractivity contribution in [2.45, 2.75) is 18.9 Å². The largest absolute Gasteiger partial charge is 0.349 e. The molecule has 2 aromatic carbocycles. The first kappa shape index (κ1) is 18.4. The van der Waals surface area contributed by atoms with Crippen LogP contribution >= 0.6 is 15.9 Å². The number of nitrogens with one attached hydrogen (secondary N) is 2. The quantitative estimate of drug-likeness (QED) is 0.788. The normalized spacial score (nSPS) is 14.8. The highest BCUT2D eigenvalue weighted by molar-refractivity contribution is 9.10. The molecule has 7 heteroatoms. The van der Waals surface area contributed by atoms with Crippen molar-refractivity contribution in [1.82, 2.24) is 10.2 Å². The van der Waals surface area contributed by atoms with Crippen molar-refractivity contribution < 1.29 is 14.0 Å². The summed E-state index contributed by atoms with van der Waals surface area (Å²) in [6.45, 7) is 1.13. The van der Waals surface area contributed by atoms with Gasteiger partial charge in [-0.2, -0.15) is 0 Å². The number of nitrogens with zero attached hydrogens (tertiary/aromatic N) is 1. The number of hydrogen-bond donors (Lipinski definition) is 2. The topological polar surface area (TPSA) is 61.4 Å². The van der Waals surface area contributed by atoms with Gasteiger partial charge in [-0.05, 0) is 59.1 Å². The minimum absolute atomic E-state index is 0.0137. The summed E-state index contributed by atoms with van der Waals surface area (Å²) in [5.41, 5.74) is 1.16. The zero-order valence-electron chi connectivity index (χ0n) is 14.0. The molecule has 136 valence electrons. The van der Waals surface area contributed by atoms with Crippen LogP contribution in [0, 0.1) is 5.82 Å². The van der Waals surface area contributed by atoms with E-state index < -0.39 is 5.82 Å². The van der Waals surface area contributed by atoms with Crippen LogP contribution in [0.1, 0.15) is 23.2 Å². The molecule has 1 aliphatic heterocycles. The van der Waals surface area contributed by atoms with Crippen LogP contribution in [-0.4, -0.2) is 36.0 Å². The lowest BCUT2D eigenvalue weighted by Gasteiger charge is -2.32. The van der Waals surface area contributed by atoms with Crippen LogP contribution in [0.3, 0.4) is 0 Å². The van der Waals surface area contributed by atoms with Crippen LogP contribution in [0.15, 0.2) is 53.0 Å². The van der Waals surface area contributed by atoms with E-state index in [-0.39, 0.29) is 18.0 Å². The van der Waals surface area contributed by atoms with Crippen LogP contribution < -0.4 is 10.6 Å². The number of hydrogen-bond acceptors (Lipinski definition) is 2. The standard InChI is InChI=1S/C19H19BrFN3O2/c20-17-12-13(21)6-7-16(17)18(25)22-15-8-10-24(11-9-15)19(26)23-14-4-2-1-3-5-14/h1-7,12,15H,8-11H2,(H,22,25)(H,23,26). The Morgan fingerprint density at radius 2 is 1.77 bits per heavy atom. The minimum atomic E-state index is -0.397. The zero-order chi connectivity index (χ0) is 18.5. The van der Waals surface area contributed by atoms with Crippen LogP contribution in [0.5, 0.6) is 0 Å². The smallest absolute Gasteiger partial charge is 0.321 e. The number of rotatable bonds is 3. The van der Waals surface area contributed by atoms with Gasteiger partial charge in [0.1, 0.15) is 5.82 Å². The Hall–Kier alpha value is -2.41. The van der Waals surface area contributed by atoms with E-state index in [2.05, 4.69) is 26.6 Å². The van der Waals surface area contributed by atoms with Gasteiger partial charge in [0, 0.05) is 29.3 Å². The summed E-state index contributed by atoms with van der Waals surface area (Å²) >= 11 is 3.21. The van der Waals surface area contributed by atoms with Crippen LogP contribution in [-0.2, 0) is 0 Å². The molecule has 5 nitrogen and oxygen atoms in total. The van der Waals surface area contributed by atoms with E-state index in [1.165, 1.54) is 18.2 Å². The molecule has 0 saturated carbocycles. The number of halogens is 2. The molecule has 3 amide bonds. The van der Waals surface area contributed by atoms with Gasteiger partial charge in [0.2, 0.25) is 0 Å². The van der Waals surface area contributed by atoms with Crippen molar-refractivity contribution in [1.29, 1.82) is 0 Å². The molecule has 0 radical (unpaired) electrons.